The Labute approximate surface area is 107 Å². The van der Waals surface area contributed by atoms with Gasteiger partial charge in [-0.1, -0.05) is 0 Å². The first-order valence-corrected chi connectivity index (χ1v) is 5.49. The minimum absolute atomic E-state index is 0.142. The first-order valence-electron chi connectivity index (χ1n) is 5.49. The fourth-order valence-electron chi connectivity index (χ4n) is 1.85. The Balaban J connectivity index is 2.21. The van der Waals surface area contributed by atoms with Crippen molar-refractivity contribution >= 4 is 11.6 Å². The number of nitrogens with zero attached hydrogens (tertiary/aromatic N) is 4. The van der Waals surface area contributed by atoms with E-state index in [2.05, 4.69) is 15.1 Å². The van der Waals surface area contributed by atoms with Gasteiger partial charge in [0, 0.05) is 5.56 Å². The van der Waals surface area contributed by atoms with Crippen molar-refractivity contribution in [2.24, 2.45) is 0 Å². The van der Waals surface area contributed by atoms with Gasteiger partial charge in [0.05, 0.1) is 25.2 Å². The van der Waals surface area contributed by atoms with Crippen LogP contribution < -0.4 is 10.5 Å². The first-order chi connectivity index (χ1) is 9.19. The van der Waals surface area contributed by atoms with E-state index in [0.29, 0.717) is 16.9 Å². The number of aromatic nitrogens is 4. The minimum atomic E-state index is -0.454. The Bertz CT molecular complexity index is 755. The highest BCUT2D eigenvalue weighted by Gasteiger charge is 2.10. The Morgan fingerprint density at radius 3 is 2.89 bits per heavy atom. The van der Waals surface area contributed by atoms with Gasteiger partial charge in [0.2, 0.25) is 5.95 Å². The number of nitrogens with two attached hydrogens (primary N) is 1. The molecule has 0 fully saturated rings. The van der Waals surface area contributed by atoms with Gasteiger partial charge in [0.1, 0.15) is 0 Å². The van der Waals surface area contributed by atoms with Crippen molar-refractivity contribution in [1.29, 1.82) is 0 Å². The zero-order valence-electron chi connectivity index (χ0n) is 10.0. The fourth-order valence-corrected chi connectivity index (χ4v) is 1.85. The predicted molar refractivity (Wildman–Crippen MR) is 67.1 cm³/mol. The molecule has 1 aromatic carbocycles. The number of halogens is 1. The Morgan fingerprint density at radius 1 is 1.32 bits per heavy atom. The molecule has 2 heterocycles. The van der Waals surface area contributed by atoms with Gasteiger partial charge >= 0.3 is 0 Å². The number of fused-ring (bicyclic) bond motifs is 1. The maximum atomic E-state index is 13.7. The number of nitrogen functional groups attached to an aromatic ring is 1. The third-order valence-electron chi connectivity index (χ3n) is 2.71. The second-order valence-electron chi connectivity index (χ2n) is 3.88. The summed E-state index contributed by atoms with van der Waals surface area (Å²) >= 11 is 0. The van der Waals surface area contributed by atoms with Crippen molar-refractivity contribution in [1.82, 2.24) is 19.6 Å². The smallest absolute Gasteiger partial charge is 0.240 e. The van der Waals surface area contributed by atoms with Crippen LogP contribution in [0.1, 0.15) is 0 Å². The molecule has 0 amide bonds. The number of hydrogen-bond acceptors (Lipinski definition) is 5. The van der Waals surface area contributed by atoms with Gasteiger partial charge in [-0.3, -0.25) is 4.98 Å². The molecule has 0 unspecified atom stereocenters. The standard InChI is InChI=1S/C12H10FN5O/c1-19-10-3-2-7(4-8(10)13)9-5-15-6-11-16-12(14)17-18(9)11/h2-6H,1H3,(H2,14,17). The fraction of sp³-hybridized carbons (Fsp3) is 0.0833. The third kappa shape index (κ3) is 1.85. The van der Waals surface area contributed by atoms with Crippen molar-refractivity contribution in [3.8, 4) is 17.0 Å². The number of rotatable bonds is 2. The van der Waals surface area contributed by atoms with Crippen LogP contribution in [0, 0.1) is 5.82 Å². The molecule has 0 radical (unpaired) electrons. The van der Waals surface area contributed by atoms with E-state index in [0.717, 1.165) is 0 Å². The van der Waals surface area contributed by atoms with Crippen molar-refractivity contribution in [2.75, 3.05) is 12.8 Å². The third-order valence-corrected chi connectivity index (χ3v) is 2.71. The van der Waals surface area contributed by atoms with Gasteiger partial charge in [0.25, 0.3) is 0 Å². The highest BCUT2D eigenvalue weighted by molar-refractivity contribution is 5.63. The van der Waals surface area contributed by atoms with Crippen LogP contribution in [0.25, 0.3) is 16.9 Å². The molecule has 0 spiro atoms. The molecule has 0 aliphatic heterocycles. The van der Waals surface area contributed by atoms with Gasteiger partial charge < -0.3 is 10.5 Å². The molecule has 96 valence electrons. The van der Waals surface area contributed by atoms with Crippen LogP contribution in [0.5, 0.6) is 5.75 Å². The summed E-state index contributed by atoms with van der Waals surface area (Å²) in [5, 5.41) is 4.05. The van der Waals surface area contributed by atoms with Gasteiger partial charge in [0.15, 0.2) is 17.2 Å². The average Bonchev–Trinajstić information content (AvgIpc) is 2.78. The van der Waals surface area contributed by atoms with Gasteiger partial charge in [-0.25, -0.2) is 8.91 Å². The zero-order valence-corrected chi connectivity index (χ0v) is 10.0. The summed E-state index contributed by atoms with van der Waals surface area (Å²) in [6.45, 7) is 0. The molecule has 19 heavy (non-hydrogen) atoms. The van der Waals surface area contributed by atoms with E-state index in [1.165, 1.54) is 23.9 Å². The molecule has 3 aromatic rings. The van der Waals surface area contributed by atoms with Gasteiger partial charge in [-0.05, 0) is 18.2 Å². The summed E-state index contributed by atoms with van der Waals surface area (Å²) in [6.07, 6.45) is 3.11. The van der Waals surface area contributed by atoms with E-state index < -0.39 is 5.82 Å². The number of benzene rings is 1. The molecule has 2 N–H and O–H groups in total. The molecule has 0 saturated carbocycles. The molecule has 0 saturated heterocycles. The lowest BCUT2D eigenvalue weighted by Crippen LogP contribution is -1.97. The molecule has 2 aromatic heterocycles. The number of anilines is 1. The SMILES string of the molecule is COc1ccc(-c2cncc3nc(N)nn23)cc1F. The van der Waals surface area contributed by atoms with Crippen LogP contribution in [-0.4, -0.2) is 26.7 Å². The van der Waals surface area contributed by atoms with Crippen LogP contribution >= 0.6 is 0 Å². The summed E-state index contributed by atoms with van der Waals surface area (Å²) in [5.41, 5.74) is 7.27. The largest absolute Gasteiger partial charge is 0.494 e. The van der Waals surface area contributed by atoms with E-state index in [9.17, 15) is 4.39 Å². The normalized spacial score (nSPS) is 10.8. The van der Waals surface area contributed by atoms with Crippen LogP contribution in [0.2, 0.25) is 0 Å². The number of ether oxygens (including phenoxy) is 1. The molecular formula is C12H10FN5O. The summed E-state index contributed by atoms with van der Waals surface area (Å²) in [4.78, 5) is 8.05. The lowest BCUT2D eigenvalue weighted by molar-refractivity contribution is 0.386. The van der Waals surface area contributed by atoms with Crippen LogP contribution in [0.3, 0.4) is 0 Å². The Morgan fingerprint density at radius 2 is 2.16 bits per heavy atom. The van der Waals surface area contributed by atoms with Crippen molar-refractivity contribution in [3.05, 3.63) is 36.4 Å². The molecule has 3 rings (SSSR count). The second kappa shape index (κ2) is 4.20. The molecule has 7 heteroatoms. The number of hydrogen-bond donors (Lipinski definition) is 1. The van der Waals surface area contributed by atoms with Crippen molar-refractivity contribution < 1.29 is 9.13 Å². The number of methoxy groups -OCH3 is 1. The summed E-state index contributed by atoms with van der Waals surface area (Å²) in [7, 11) is 1.42. The maximum absolute atomic E-state index is 13.7. The average molecular weight is 259 g/mol. The van der Waals surface area contributed by atoms with Crippen LogP contribution in [-0.2, 0) is 0 Å². The Kier molecular flexibility index (Phi) is 2.52. The molecular weight excluding hydrogens is 249 g/mol. The quantitative estimate of drug-likeness (QED) is 0.755. The lowest BCUT2D eigenvalue weighted by atomic mass is 10.1. The van der Waals surface area contributed by atoms with Crippen LogP contribution in [0.15, 0.2) is 30.6 Å². The molecule has 0 aliphatic rings. The van der Waals surface area contributed by atoms with Crippen LogP contribution in [0.4, 0.5) is 10.3 Å². The van der Waals surface area contributed by atoms with E-state index in [1.54, 1.807) is 18.3 Å². The monoisotopic (exact) mass is 259 g/mol. The molecule has 0 bridgehead atoms. The molecule has 0 aliphatic carbocycles. The van der Waals surface area contributed by atoms with E-state index in [-0.39, 0.29) is 11.7 Å². The second-order valence-corrected chi connectivity index (χ2v) is 3.88. The summed E-state index contributed by atoms with van der Waals surface area (Å²) < 4.78 is 20.1. The molecule has 0 atom stereocenters. The lowest BCUT2D eigenvalue weighted by Gasteiger charge is -2.06. The maximum Gasteiger partial charge on any atom is 0.240 e. The van der Waals surface area contributed by atoms with Gasteiger partial charge in [-0.15, -0.1) is 5.10 Å². The van der Waals surface area contributed by atoms with E-state index in [4.69, 9.17) is 10.5 Å². The summed E-state index contributed by atoms with van der Waals surface area (Å²) in [6, 6.07) is 4.62. The first kappa shape index (κ1) is 11.4. The predicted octanol–water partition coefficient (Wildman–Crippen LogP) is 1.52. The summed E-state index contributed by atoms with van der Waals surface area (Å²) in [5.74, 6) is -0.129. The molecule has 6 nitrogen and oxygen atoms in total. The van der Waals surface area contributed by atoms with E-state index >= 15 is 0 Å². The van der Waals surface area contributed by atoms with Gasteiger partial charge in [-0.2, -0.15) is 4.98 Å². The van der Waals surface area contributed by atoms with E-state index in [1.807, 2.05) is 0 Å². The van der Waals surface area contributed by atoms with Crippen molar-refractivity contribution in [3.63, 3.8) is 0 Å². The Hall–Kier alpha value is -2.70. The minimum Gasteiger partial charge on any atom is -0.494 e. The highest BCUT2D eigenvalue weighted by Crippen LogP contribution is 2.25. The topological polar surface area (TPSA) is 78.3 Å². The van der Waals surface area contributed by atoms with Crippen molar-refractivity contribution in [2.45, 2.75) is 0 Å². The zero-order chi connectivity index (χ0) is 13.4. The highest BCUT2D eigenvalue weighted by atomic mass is 19.1.